The summed E-state index contributed by atoms with van der Waals surface area (Å²) in [6, 6.07) is 9.38. The molecule has 0 atom stereocenters. The fourth-order valence-corrected chi connectivity index (χ4v) is 5.11. The molecule has 0 radical (unpaired) electrons. The molecular formula is C32H45ClN4O3. The third-order valence-corrected chi connectivity index (χ3v) is 7.50. The maximum Gasteiger partial charge on any atom is 0.290 e. The van der Waals surface area contributed by atoms with E-state index in [1.54, 1.807) is 18.2 Å². The second-order valence-electron chi connectivity index (χ2n) is 10.6. The van der Waals surface area contributed by atoms with Crippen molar-refractivity contribution in [1.29, 1.82) is 0 Å². The normalized spacial score (nSPS) is 16.7. The molecule has 8 heteroatoms. The Morgan fingerprint density at radius 3 is 2.42 bits per heavy atom. The number of carbonyl (C=O) groups is 1. The number of furan rings is 1. The van der Waals surface area contributed by atoms with Crippen LogP contribution in [0.2, 0.25) is 5.02 Å². The number of aryl methyl sites for hydroxylation is 1. The predicted molar refractivity (Wildman–Crippen MR) is 165 cm³/mol. The van der Waals surface area contributed by atoms with Gasteiger partial charge in [0.1, 0.15) is 5.75 Å². The molecule has 0 N–H and O–H groups in total. The number of ketones is 1. The number of ether oxygens (including phenoxy) is 1. The van der Waals surface area contributed by atoms with Crippen LogP contribution in [0.25, 0.3) is 0 Å². The van der Waals surface area contributed by atoms with Crippen LogP contribution in [-0.2, 0) is 0 Å². The van der Waals surface area contributed by atoms with Crippen LogP contribution in [0.5, 0.6) is 11.7 Å². The lowest BCUT2D eigenvalue weighted by atomic mass is 9.91. The quantitative estimate of drug-likeness (QED) is 0.164. The molecule has 1 aliphatic heterocycles. The third-order valence-electron chi connectivity index (χ3n) is 7.28. The Bertz CT molecular complexity index is 1140. The zero-order valence-corrected chi connectivity index (χ0v) is 25.4. The number of halogens is 1. The van der Waals surface area contributed by atoms with E-state index in [1.165, 1.54) is 51.0 Å². The van der Waals surface area contributed by atoms with Gasteiger partial charge in [-0.15, -0.1) is 0 Å². The molecule has 40 heavy (non-hydrogen) atoms. The molecule has 2 aromatic rings. The molecule has 1 aliphatic carbocycles. The third kappa shape index (κ3) is 9.93. The topological polar surface area (TPSA) is 70.6 Å². The van der Waals surface area contributed by atoms with Crippen molar-refractivity contribution in [3.05, 3.63) is 58.5 Å². The SMILES string of the molecule is C=NC(=N/C=C(/CCC)CCCC)N1CCN(C2CCC2)CC1.CC(=O)c1ccc(Oc2cc(C)cc(Cl)c2)o1. The van der Waals surface area contributed by atoms with E-state index in [9.17, 15) is 4.79 Å². The predicted octanol–water partition coefficient (Wildman–Crippen LogP) is 8.32. The highest BCUT2D eigenvalue weighted by molar-refractivity contribution is 6.30. The first kappa shape index (κ1) is 31.6. The molecule has 0 amide bonds. The number of carbonyl (C=O) groups excluding carboxylic acids is 1. The van der Waals surface area contributed by atoms with Crippen molar-refractivity contribution in [2.45, 2.75) is 85.1 Å². The van der Waals surface area contributed by atoms with E-state index in [2.05, 4.69) is 46.5 Å². The molecule has 0 spiro atoms. The second kappa shape index (κ2) is 16.4. The van der Waals surface area contributed by atoms with E-state index in [0.717, 1.165) is 56.6 Å². The largest absolute Gasteiger partial charge is 0.426 e. The van der Waals surface area contributed by atoms with E-state index in [1.807, 2.05) is 19.1 Å². The average molecular weight is 569 g/mol. The van der Waals surface area contributed by atoms with Crippen molar-refractivity contribution >= 4 is 30.1 Å². The van der Waals surface area contributed by atoms with Gasteiger partial charge in [-0.3, -0.25) is 9.69 Å². The number of unbranched alkanes of at least 4 members (excludes halogenated alkanes) is 1. The van der Waals surface area contributed by atoms with Gasteiger partial charge in [-0.25, -0.2) is 9.98 Å². The molecule has 1 saturated heterocycles. The minimum absolute atomic E-state index is 0.137. The van der Waals surface area contributed by atoms with Gasteiger partial charge in [0, 0.05) is 56.4 Å². The van der Waals surface area contributed by atoms with E-state index < -0.39 is 0 Å². The van der Waals surface area contributed by atoms with Crippen molar-refractivity contribution in [2.24, 2.45) is 9.98 Å². The van der Waals surface area contributed by atoms with Crippen LogP contribution < -0.4 is 4.74 Å². The molecule has 2 aliphatic rings. The van der Waals surface area contributed by atoms with Crippen LogP contribution in [0.4, 0.5) is 0 Å². The Labute approximate surface area is 245 Å². The molecule has 1 aromatic carbocycles. The Morgan fingerprint density at radius 1 is 1.12 bits per heavy atom. The number of benzene rings is 1. The molecular weight excluding hydrogens is 524 g/mol. The first-order valence-electron chi connectivity index (χ1n) is 14.6. The number of aliphatic imine (C=N–C) groups is 2. The summed E-state index contributed by atoms with van der Waals surface area (Å²) in [4.78, 5) is 24.8. The number of hydrogen-bond acceptors (Lipinski definition) is 5. The van der Waals surface area contributed by atoms with Gasteiger partial charge >= 0.3 is 0 Å². The summed E-state index contributed by atoms with van der Waals surface area (Å²) in [5.41, 5.74) is 2.44. The number of guanidine groups is 1. The highest BCUT2D eigenvalue weighted by atomic mass is 35.5. The molecule has 0 bridgehead atoms. The molecule has 1 saturated carbocycles. The maximum absolute atomic E-state index is 11.0. The van der Waals surface area contributed by atoms with Gasteiger partial charge in [0.05, 0.1) is 0 Å². The van der Waals surface area contributed by atoms with Crippen molar-refractivity contribution in [2.75, 3.05) is 26.2 Å². The molecule has 4 rings (SSSR count). The van der Waals surface area contributed by atoms with Crippen molar-refractivity contribution in [3.8, 4) is 11.7 Å². The van der Waals surface area contributed by atoms with E-state index in [-0.39, 0.29) is 17.5 Å². The lowest BCUT2D eigenvalue weighted by molar-refractivity contribution is 0.0851. The van der Waals surface area contributed by atoms with Gasteiger partial charge < -0.3 is 14.1 Å². The van der Waals surface area contributed by atoms with Gasteiger partial charge in [0.15, 0.2) is 11.5 Å². The summed E-state index contributed by atoms with van der Waals surface area (Å²) < 4.78 is 10.7. The number of Topliss-reactive ketones (excluding diaryl/α,β-unsaturated/α-hetero) is 1. The van der Waals surface area contributed by atoms with Crippen LogP contribution in [0.15, 0.2) is 56.5 Å². The van der Waals surface area contributed by atoms with E-state index >= 15 is 0 Å². The number of piperazine rings is 1. The fraction of sp³-hybridized carbons (Fsp3) is 0.531. The summed E-state index contributed by atoms with van der Waals surface area (Å²) in [6.45, 7) is 15.9. The van der Waals surface area contributed by atoms with Crippen LogP contribution in [-0.4, -0.2) is 60.5 Å². The molecule has 0 unspecified atom stereocenters. The first-order chi connectivity index (χ1) is 19.3. The smallest absolute Gasteiger partial charge is 0.290 e. The standard InChI is InChI=1S/C19H34N4.C13H11ClO3/c1-4-6-9-17(8-5-2)16-21-19(20-3)23-14-12-22(13-15-23)18-10-7-11-18;1-8-5-10(14)7-11(6-8)16-13-4-3-12(17-13)9(2)15/h16,18H,3-15H2,1-2H3;3-7H,1-2H3/b17-16-,21-19?;. The molecule has 1 aromatic heterocycles. The van der Waals surface area contributed by atoms with Gasteiger partial charge in [-0.1, -0.05) is 50.3 Å². The van der Waals surface area contributed by atoms with Gasteiger partial charge in [-0.2, -0.15) is 0 Å². The van der Waals surface area contributed by atoms with Crippen molar-refractivity contribution in [1.82, 2.24) is 9.80 Å². The summed E-state index contributed by atoms with van der Waals surface area (Å²) in [5.74, 6) is 1.81. The molecule has 7 nitrogen and oxygen atoms in total. The Balaban J connectivity index is 0.000000230. The maximum atomic E-state index is 11.0. The van der Waals surface area contributed by atoms with Gasteiger partial charge in [-0.05, 0) is 75.6 Å². The Hall–Kier alpha value is -2.90. The number of allylic oxidation sites excluding steroid dienone is 1. The zero-order chi connectivity index (χ0) is 28.9. The summed E-state index contributed by atoms with van der Waals surface area (Å²) in [5, 5.41) is 0.596. The minimum atomic E-state index is -0.137. The fourth-order valence-electron chi connectivity index (χ4n) is 4.83. The van der Waals surface area contributed by atoms with Crippen LogP contribution >= 0.6 is 11.6 Å². The van der Waals surface area contributed by atoms with Crippen LogP contribution in [0.3, 0.4) is 0 Å². The Kier molecular flexibility index (Phi) is 13.0. The molecule has 218 valence electrons. The lowest BCUT2D eigenvalue weighted by Gasteiger charge is -2.43. The summed E-state index contributed by atoms with van der Waals surface area (Å²) >= 11 is 5.91. The number of hydrogen-bond donors (Lipinski definition) is 0. The van der Waals surface area contributed by atoms with Crippen molar-refractivity contribution < 1.29 is 13.9 Å². The Morgan fingerprint density at radius 2 is 1.88 bits per heavy atom. The number of rotatable bonds is 10. The lowest BCUT2D eigenvalue weighted by Crippen LogP contribution is -2.53. The highest BCUT2D eigenvalue weighted by Gasteiger charge is 2.28. The minimum Gasteiger partial charge on any atom is -0.426 e. The second-order valence-corrected chi connectivity index (χ2v) is 11.0. The molecule has 2 fully saturated rings. The van der Waals surface area contributed by atoms with Crippen LogP contribution in [0, 0.1) is 6.92 Å². The van der Waals surface area contributed by atoms with Crippen LogP contribution in [0.1, 0.15) is 88.3 Å². The van der Waals surface area contributed by atoms with Crippen molar-refractivity contribution in [3.63, 3.8) is 0 Å². The summed E-state index contributed by atoms with van der Waals surface area (Å²) in [7, 11) is 0. The highest BCUT2D eigenvalue weighted by Crippen LogP contribution is 2.28. The average Bonchev–Trinajstić information content (AvgIpc) is 3.36. The van der Waals surface area contributed by atoms with E-state index in [4.69, 9.17) is 20.8 Å². The van der Waals surface area contributed by atoms with E-state index in [0.29, 0.717) is 10.8 Å². The number of nitrogens with zero attached hydrogens (tertiary/aromatic N) is 4. The first-order valence-corrected chi connectivity index (χ1v) is 15.0. The van der Waals surface area contributed by atoms with Gasteiger partial charge in [0.2, 0.25) is 5.96 Å². The zero-order valence-electron chi connectivity index (χ0n) is 24.6. The van der Waals surface area contributed by atoms with Gasteiger partial charge in [0.25, 0.3) is 5.95 Å². The molecule has 2 heterocycles. The monoisotopic (exact) mass is 568 g/mol. The summed E-state index contributed by atoms with van der Waals surface area (Å²) in [6.07, 6.45) is 12.2.